The fourth-order valence-corrected chi connectivity index (χ4v) is 5.66. The highest BCUT2D eigenvalue weighted by atomic mass is 32.2. The molecule has 2 aromatic carbocycles. The van der Waals surface area contributed by atoms with Gasteiger partial charge in [0.1, 0.15) is 6.04 Å². The molecule has 7 heteroatoms. The van der Waals surface area contributed by atoms with Gasteiger partial charge >= 0.3 is 5.97 Å². The van der Waals surface area contributed by atoms with Crippen molar-refractivity contribution < 1.29 is 19.4 Å². The second-order valence-electron chi connectivity index (χ2n) is 10.2. The monoisotopic (exact) mass is 540 g/mol. The number of hydrogen-bond acceptors (Lipinski definition) is 5. The van der Waals surface area contributed by atoms with Gasteiger partial charge in [-0.1, -0.05) is 55.7 Å². The van der Waals surface area contributed by atoms with Crippen LogP contribution in [0.2, 0.25) is 0 Å². The third-order valence-electron chi connectivity index (χ3n) is 7.36. The number of carbonyl (C=O) groups is 2. The Morgan fingerprint density at radius 1 is 1.08 bits per heavy atom. The maximum Gasteiger partial charge on any atom is 0.326 e. The highest BCUT2D eigenvalue weighted by Crippen LogP contribution is 2.29. The van der Waals surface area contributed by atoms with E-state index in [0.29, 0.717) is 37.0 Å². The quantitative estimate of drug-likeness (QED) is 0.262. The van der Waals surface area contributed by atoms with E-state index in [1.807, 2.05) is 56.5 Å². The zero-order valence-electron chi connectivity index (χ0n) is 23.1. The Balaban J connectivity index is 1.82. The van der Waals surface area contributed by atoms with Crippen molar-refractivity contribution in [3.05, 3.63) is 59.2 Å². The van der Waals surface area contributed by atoms with Gasteiger partial charge in [0.2, 0.25) is 0 Å². The number of ether oxygens (including phenoxy) is 1. The number of benzene rings is 2. The Bertz CT molecular complexity index is 1040. The highest BCUT2D eigenvalue weighted by molar-refractivity contribution is 7.98. The standard InChI is InChI=1S/C31H44N2O4S/c1-4-37-21-25(32-24-11-6-5-7-12-24)16-14-23-15-17-27(28(20-23)26-13-9-8-10-22(26)2)30(34)33-29(31(35)36)18-19-38-3/h8-10,13,15,17,20,24-25,29,32H,4-7,11-12,14,16,18-19,21H2,1-3H3,(H,33,34)(H,35,36). The summed E-state index contributed by atoms with van der Waals surface area (Å²) in [6.45, 7) is 5.48. The molecule has 0 aliphatic heterocycles. The van der Waals surface area contributed by atoms with E-state index in [9.17, 15) is 14.7 Å². The SMILES string of the molecule is CCOCC(CCc1ccc(C(=O)NC(CCSC)C(=O)O)c(-c2ccccc2C)c1)NC1CCCCC1. The predicted molar refractivity (Wildman–Crippen MR) is 157 cm³/mol. The molecule has 1 fully saturated rings. The van der Waals surface area contributed by atoms with Crippen LogP contribution >= 0.6 is 11.8 Å². The number of aryl methyl sites for hydroxylation is 2. The third-order valence-corrected chi connectivity index (χ3v) is 8.00. The minimum absolute atomic E-state index is 0.288. The maximum atomic E-state index is 13.3. The van der Waals surface area contributed by atoms with Crippen LogP contribution in [0.15, 0.2) is 42.5 Å². The molecule has 0 spiro atoms. The summed E-state index contributed by atoms with van der Waals surface area (Å²) in [4.78, 5) is 25.1. The molecule has 38 heavy (non-hydrogen) atoms. The van der Waals surface area contributed by atoms with Crippen LogP contribution in [-0.4, -0.2) is 60.3 Å². The Hall–Kier alpha value is -2.35. The van der Waals surface area contributed by atoms with Crippen molar-refractivity contribution in [2.24, 2.45) is 0 Å². The van der Waals surface area contributed by atoms with E-state index in [2.05, 4.69) is 16.7 Å². The zero-order chi connectivity index (χ0) is 27.3. The van der Waals surface area contributed by atoms with Gasteiger partial charge in [0, 0.05) is 24.3 Å². The molecule has 1 amide bonds. The van der Waals surface area contributed by atoms with Crippen LogP contribution in [0, 0.1) is 6.92 Å². The first-order chi connectivity index (χ1) is 18.4. The number of rotatable bonds is 15. The molecular formula is C31H44N2O4S. The Morgan fingerprint density at radius 3 is 2.53 bits per heavy atom. The van der Waals surface area contributed by atoms with E-state index in [4.69, 9.17) is 4.74 Å². The van der Waals surface area contributed by atoms with E-state index in [0.717, 1.165) is 35.1 Å². The molecule has 0 bridgehead atoms. The molecule has 208 valence electrons. The van der Waals surface area contributed by atoms with Crippen molar-refractivity contribution in [3.8, 4) is 11.1 Å². The van der Waals surface area contributed by atoms with Gasteiger partial charge in [-0.15, -0.1) is 0 Å². The maximum absolute atomic E-state index is 13.3. The van der Waals surface area contributed by atoms with Crippen LogP contribution in [0.1, 0.15) is 73.4 Å². The molecule has 1 saturated carbocycles. The van der Waals surface area contributed by atoms with E-state index >= 15 is 0 Å². The van der Waals surface area contributed by atoms with E-state index in [-0.39, 0.29) is 11.9 Å². The van der Waals surface area contributed by atoms with E-state index in [1.165, 1.54) is 32.1 Å². The Kier molecular flexibility index (Phi) is 12.6. The van der Waals surface area contributed by atoms with Crippen molar-refractivity contribution in [1.29, 1.82) is 0 Å². The van der Waals surface area contributed by atoms with Gasteiger partial charge in [-0.2, -0.15) is 11.8 Å². The first kappa shape index (κ1) is 30.2. The molecule has 2 aromatic rings. The van der Waals surface area contributed by atoms with Gasteiger partial charge < -0.3 is 20.5 Å². The van der Waals surface area contributed by atoms with Gasteiger partial charge in [0.25, 0.3) is 5.91 Å². The summed E-state index contributed by atoms with van der Waals surface area (Å²) in [5, 5.41) is 16.2. The first-order valence-corrected chi connectivity index (χ1v) is 15.4. The lowest BCUT2D eigenvalue weighted by Crippen LogP contribution is -2.42. The average Bonchev–Trinajstić information content (AvgIpc) is 2.93. The van der Waals surface area contributed by atoms with Crippen molar-refractivity contribution in [2.75, 3.05) is 25.2 Å². The number of carboxylic acids is 1. The molecule has 3 rings (SSSR count). The Morgan fingerprint density at radius 2 is 1.84 bits per heavy atom. The molecular weight excluding hydrogens is 496 g/mol. The summed E-state index contributed by atoms with van der Waals surface area (Å²) in [6, 6.07) is 13.9. The van der Waals surface area contributed by atoms with Gasteiger partial charge in [0.15, 0.2) is 0 Å². The van der Waals surface area contributed by atoms with Crippen molar-refractivity contribution in [1.82, 2.24) is 10.6 Å². The van der Waals surface area contributed by atoms with Gasteiger partial charge in [-0.05, 0) is 86.3 Å². The minimum atomic E-state index is -1.01. The van der Waals surface area contributed by atoms with Gasteiger partial charge in [-0.3, -0.25) is 4.79 Å². The summed E-state index contributed by atoms with van der Waals surface area (Å²) in [7, 11) is 0. The molecule has 0 radical (unpaired) electrons. The molecule has 0 saturated heterocycles. The summed E-state index contributed by atoms with van der Waals surface area (Å²) in [5.74, 6) is -0.692. The molecule has 1 aliphatic carbocycles. The molecule has 2 atom stereocenters. The number of thioether (sulfide) groups is 1. The molecule has 6 nitrogen and oxygen atoms in total. The largest absolute Gasteiger partial charge is 0.480 e. The Labute approximate surface area is 232 Å². The summed E-state index contributed by atoms with van der Waals surface area (Å²) in [5.41, 5.74) is 4.56. The fourth-order valence-electron chi connectivity index (χ4n) is 5.19. The van der Waals surface area contributed by atoms with E-state index < -0.39 is 12.0 Å². The second-order valence-corrected chi connectivity index (χ2v) is 11.2. The third kappa shape index (κ3) is 9.14. The van der Waals surface area contributed by atoms with Crippen LogP contribution in [0.3, 0.4) is 0 Å². The van der Waals surface area contributed by atoms with Crippen LogP contribution in [0.4, 0.5) is 0 Å². The summed E-state index contributed by atoms with van der Waals surface area (Å²) in [6.07, 6.45) is 10.5. The number of nitrogens with one attached hydrogen (secondary N) is 2. The number of carboxylic acid groups (broad SMARTS) is 1. The van der Waals surface area contributed by atoms with Gasteiger partial charge in [0.05, 0.1) is 6.61 Å². The lowest BCUT2D eigenvalue weighted by atomic mass is 9.91. The van der Waals surface area contributed by atoms with Crippen LogP contribution < -0.4 is 10.6 Å². The second kappa shape index (κ2) is 15.9. The van der Waals surface area contributed by atoms with Crippen molar-refractivity contribution >= 4 is 23.6 Å². The van der Waals surface area contributed by atoms with Crippen molar-refractivity contribution in [3.63, 3.8) is 0 Å². The lowest BCUT2D eigenvalue weighted by molar-refractivity contribution is -0.139. The number of aliphatic carboxylic acids is 1. The first-order valence-electron chi connectivity index (χ1n) is 14.0. The smallest absolute Gasteiger partial charge is 0.326 e. The molecule has 3 N–H and O–H groups in total. The fraction of sp³-hybridized carbons (Fsp3) is 0.548. The van der Waals surface area contributed by atoms with Crippen LogP contribution in [0.5, 0.6) is 0 Å². The lowest BCUT2D eigenvalue weighted by Gasteiger charge is -2.28. The topological polar surface area (TPSA) is 87.7 Å². The number of carbonyl (C=O) groups excluding carboxylic acids is 1. The molecule has 2 unspecified atom stereocenters. The summed E-state index contributed by atoms with van der Waals surface area (Å²) >= 11 is 1.57. The molecule has 1 aliphatic rings. The zero-order valence-corrected chi connectivity index (χ0v) is 23.9. The highest BCUT2D eigenvalue weighted by Gasteiger charge is 2.23. The van der Waals surface area contributed by atoms with Crippen LogP contribution in [0.25, 0.3) is 11.1 Å². The molecule has 0 heterocycles. The number of hydrogen-bond donors (Lipinski definition) is 3. The summed E-state index contributed by atoms with van der Waals surface area (Å²) < 4.78 is 5.80. The van der Waals surface area contributed by atoms with E-state index in [1.54, 1.807) is 11.8 Å². The molecule has 0 aromatic heterocycles. The normalized spacial score (nSPS) is 15.7. The number of amides is 1. The van der Waals surface area contributed by atoms with Crippen molar-refractivity contribution in [2.45, 2.75) is 83.3 Å². The van der Waals surface area contributed by atoms with Crippen LogP contribution in [-0.2, 0) is 16.0 Å². The predicted octanol–water partition coefficient (Wildman–Crippen LogP) is 5.86. The average molecular weight is 541 g/mol. The minimum Gasteiger partial charge on any atom is -0.480 e. The van der Waals surface area contributed by atoms with Gasteiger partial charge in [-0.25, -0.2) is 4.79 Å².